The molecule has 108 valence electrons. The number of benzene rings is 1. The molecule has 0 fully saturated rings. The van der Waals surface area contributed by atoms with Crippen molar-refractivity contribution < 1.29 is 4.74 Å². The zero-order chi connectivity index (χ0) is 14.2. The van der Waals surface area contributed by atoms with Gasteiger partial charge in [0.15, 0.2) is 0 Å². The van der Waals surface area contributed by atoms with Crippen molar-refractivity contribution in [1.82, 2.24) is 0 Å². The molecule has 2 N–H and O–H groups in total. The molecular formula is C17H17NOS2. The van der Waals surface area contributed by atoms with E-state index < -0.39 is 0 Å². The van der Waals surface area contributed by atoms with E-state index in [9.17, 15) is 0 Å². The number of hydrogen-bond donors (Lipinski definition) is 1. The Kier molecular flexibility index (Phi) is 3.45. The molecule has 0 amide bonds. The van der Waals surface area contributed by atoms with Crippen molar-refractivity contribution in [3.63, 3.8) is 0 Å². The van der Waals surface area contributed by atoms with Crippen LogP contribution in [0, 0.1) is 0 Å². The number of aryl methyl sites for hydroxylation is 1. The Morgan fingerprint density at radius 2 is 2.14 bits per heavy atom. The van der Waals surface area contributed by atoms with E-state index in [1.165, 1.54) is 25.4 Å². The van der Waals surface area contributed by atoms with Gasteiger partial charge in [0.2, 0.25) is 0 Å². The fraction of sp³-hybridized carbons (Fsp3) is 0.294. The van der Waals surface area contributed by atoms with Gasteiger partial charge in [0.25, 0.3) is 0 Å². The van der Waals surface area contributed by atoms with Crippen LogP contribution in [0.1, 0.15) is 28.5 Å². The van der Waals surface area contributed by atoms with Crippen LogP contribution in [0.2, 0.25) is 0 Å². The summed E-state index contributed by atoms with van der Waals surface area (Å²) in [6.45, 7) is 0.824. The molecule has 0 saturated heterocycles. The van der Waals surface area contributed by atoms with Crippen LogP contribution >= 0.6 is 22.7 Å². The van der Waals surface area contributed by atoms with Crippen molar-refractivity contribution in [2.24, 2.45) is 5.73 Å². The average Bonchev–Trinajstić information content (AvgIpc) is 3.18. The Balaban J connectivity index is 1.45. The molecular weight excluding hydrogens is 298 g/mol. The third kappa shape index (κ3) is 2.59. The molecule has 1 atom stereocenters. The fourth-order valence-corrected chi connectivity index (χ4v) is 4.98. The Labute approximate surface area is 132 Å². The van der Waals surface area contributed by atoms with Crippen LogP contribution in [0.25, 0.3) is 9.40 Å². The average molecular weight is 315 g/mol. The SMILES string of the molecule is NC(CCc1ccc2c(c1)CCO2)c1cc2sccc2s1. The number of ether oxygens (including phenoxy) is 1. The third-order valence-corrected chi connectivity index (χ3v) is 6.25. The first-order valence-corrected chi connectivity index (χ1v) is 8.96. The second kappa shape index (κ2) is 5.44. The normalized spacial score (nSPS) is 15.1. The highest BCUT2D eigenvalue weighted by atomic mass is 32.1. The lowest BCUT2D eigenvalue weighted by molar-refractivity contribution is 0.357. The standard InChI is InChI=1S/C17H17NOS2/c18-13(16-10-17-15(21-16)6-8-20-17)3-1-11-2-4-14-12(9-11)5-7-19-14/h2,4,6,8-10,13H,1,3,5,7,18H2. The maximum absolute atomic E-state index is 6.37. The monoisotopic (exact) mass is 315 g/mol. The lowest BCUT2D eigenvalue weighted by Gasteiger charge is -2.10. The summed E-state index contributed by atoms with van der Waals surface area (Å²) >= 11 is 3.63. The molecule has 3 heterocycles. The molecule has 1 aliphatic heterocycles. The van der Waals surface area contributed by atoms with Crippen molar-refractivity contribution in [3.8, 4) is 5.75 Å². The van der Waals surface area contributed by atoms with E-state index in [4.69, 9.17) is 10.5 Å². The topological polar surface area (TPSA) is 35.2 Å². The predicted octanol–water partition coefficient (Wildman–Crippen LogP) is 4.53. The molecule has 0 radical (unpaired) electrons. The molecule has 0 aliphatic carbocycles. The second-order valence-electron chi connectivity index (χ2n) is 5.48. The van der Waals surface area contributed by atoms with E-state index in [0.717, 1.165) is 31.6 Å². The van der Waals surface area contributed by atoms with Gasteiger partial charge >= 0.3 is 0 Å². The molecule has 1 unspecified atom stereocenters. The highest BCUT2D eigenvalue weighted by Crippen LogP contribution is 2.34. The van der Waals surface area contributed by atoms with Crippen LogP contribution in [-0.4, -0.2) is 6.61 Å². The van der Waals surface area contributed by atoms with Gasteiger partial charge < -0.3 is 10.5 Å². The molecule has 21 heavy (non-hydrogen) atoms. The van der Waals surface area contributed by atoms with Crippen LogP contribution < -0.4 is 10.5 Å². The molecule has 0 spiro atoms. The van der Waals surface area contributed by atoms with E-state index in [0.29, 0.717) is 0 Å². The summed E-state index contributed by atoms with van der Waals surface area (Å²) in [7, 11) is 0. The Morgan fingerprint density at radius 3 is 3.05 bits per heavy atom. The summed E-state index contributed by atoms with van der Waals surface area (Å²) in [4.78, 5) is 1.31. The molecule has 4 rings (SSSR count). The van der Waals surface area contributed by atoms with Gasteiger partial charge in [-0.15, -0.1) is 22.7 Å². The van der Waals surface area contributed by atoms with Gasteiger partial charge in [-0.2, -0.15) is 0 Å². The molecule has 0 saturated carbocycles. The zero-order valence-corrected chi connectivity index (χ0v) is 13.3. The van der Waals surface area contributed by atoms with E-state index >= 15 is 0 Å². The number of nitrogens with two attached hydrogens (primary N) is 1. The highest BCUT2D eigenvalue weighted by Gasteiger charge is 2.14. The van der Waals surface area contributed by atoms with Crippen LogP contribution in [0.4, 0.5) is 0 Å². The quantitative estimate of drug-likeness (QED) is 0.767. The lowest BCUT2D eigenvalue weighted by Crippen LogP contribution is -2.09. The highest BCUT2D eigenvalue weighted by molar-refractivity contribution is 7.26. The van der Waals surface area contributed by atoms with Gasteiger partial charge in [0.05, 0.1) is 6.61 Å². The van der Waals surface area contributed by atoms with Crippen molar-refractivity contribution in [3.05, 3.63) is 51.7 Å². The molecule has 3 aromatic rings. The van der Waals surface area contributed by atoms with E-state index in [-0.39, 0.29) is 6.04 Å². The third-order valence-electron chi connectivity index (χ3n) is 4.02. The summed E-state index contributed by atoms with van der Waals surface area (Å²) in [5.41, 5.74) is 9.08. The number of hydrogen-bond acceptors (Lipinski definition) is 4. The molecule has 4 heteroatoms. The summed E-state index contributed by atoms with van der Waals surface area (Å²) < 4.78 is 8.27. The van der Waals surface area contributed by atoms with Crippen LogP contribution in [0.5, 0.6) is 5.75 Å². The maximum atomic E-state index is 6.37. The smallest absolute Gasteiger partial charge is 0.122 e. The van der Waals surface area contributed by atoms with Gasteiger partial charge in [-0.1, -0.05) is 12.1 Å². The summed E-state index contributed by atoms with van der Waals surface area (Å²) in [5.74, 6) is 1.06. The molecule has 1 aliphatic rings. The van der Waals surface area contributed by atoms with Crippen molar-refractivity contribution in [2.75, 3.05) is 6.61 Å². The summed E-state index contributed by atoms with van der Waals surface area (Å²) in [6.07, 6.45) is 3.06. The van der Waals surface area contributed by atoms with Crippen molar-refractivity contribution >= 4 is 32.1 Å². The van der Waals surface area contributed by atoms with Crippen molar-refractivity contribution in [1.29, 1.82) is 0 Å². The molecule has 0 bridgehead atoms. The van der Waals surface area contributed by atoms with E-state index in [1.807, 2.05) is 11.3 Å². The van der Waals surface area contributed by atoms with E-state index in [1.54, 1.807) is 11.3 Å². The number of thiophene rings is 2. The first-order chi connectivity index (χ1) is 10.3. The number of fused-ring (bicyclic) bond motifs is 2. The number of rotatable bonds is 4. The first-order valence-electron chi connectivity index (χ1n) is 7.27. The minimum Gasteiger partial charge on any atom is -0.493 e. The van der Waals surface area contributed by atoms with Gasteiger partial charge in [0.1, 0.15) is 5.75 Å². The van der Waals surface area contributed by atoms with Crippen LogP contribution in [0.3, 0.4) is 0 Å². The fourth-order valence-electron chi connectivity index (χ4n) is 2.83. The van der Waals surface area contributed by atoms with Gasteiger partial charge in [-0.3, -0.25) is 0 Å². The Hall–Kier alpha value is -1.36. The minimum absolute atomic E-state index is 0.138. The summed E-state index contributed by atoms with van der Waals surface area (Å²) in [5, 5.41) is 2.14. The maximum Gasteiger partial charge on any atom is 0.122 e. The Morgan fingerprint density at radius 1 is 1.19 bits per heavy atom. The molecule has 2 aromatic heterocycles. The largest absolute Gasteiger partial charge is 0.493 e. The lowest BCUT2D eigenvalue weighted by atomic mass is 10.0. The van der Waals surface area contributed by atoms with Gasteiger partial charge in [-0.05, 0) is 47.5 Å². The zero-order valence-electron chi connectivity index (χ0n) is 11.7. The van der Waals surface area contributed by atoms with Crippen molar-refractivity contribution in [2.45, 2.75) is 25.3 Å². The first kappa shape index (κ1) is 13.3. The molecule has 2 nitrogen and oxygen atoms in total. The van der Waals surface area contributed by atoms with Crippen LogP contribution in [-0.2, 0) is 12.8 Å². The van der Waals surface area contributed by atoms with E-state index in [2.05, 4.69) is 35.7 Å². The Bertz CT molecular complexity index is 746. The van der Waals surface area contributed by atoms with Gasteiger partial charge in [0, 0.05) is 26.7 Å². The minimum atomic E-state index is 0.138. The second-order valence-corrected chi connectivity index (χ2v) is 7.55. The predicted molar refractivity (Wildman–Crippen MR) is 90.6 cm³/mol. The van der Waals surface area contributed by atoms with Crippen LogP contribution in [0.15, 0.2) is 35.7 Å². The summed E-state index contributed by atoms with van der Waals surface area (Å²) in [6, 6.07) is 11.1. The molecule has 1 aromatic carbocycles. The van der Waals surface area contributed by atoms with Gasteiger partial charge in [-0.25, -0.2) is 0 Å².